The number of carbonyl (C=O) groups excluding carboxylic acids is 2. The van der Waals surface area contributed by atoms with E-state index in [1.54, 1.807) is 0 Å². The largest absolute Gasteiger partial charge is 2.00 e. The maximum absolute atomic E-state index is 9.82. The molecule has 0 heterocycles. The van der Waals surface area contributed by atoms with Crippen LogP contribution in [-0.2, 0) is 19.2 Å². The van der Waals surface area contributed by atoms with Crippen LogP contribution in [0.2, 0.25) is 0 Å². The first-order valence-electron chi connectivity index (χ1n) is 4.44. The summed E-state index contributed by atoms with van der Waals surface area (Å²) in [5, 5.41) is 35.3. The summed E-state index contributed by atoms with van der Waals surface area (Å²) in [6.07, 6.45) is -1.29. The van der Waals surface area contributed by atoms with Gasteiger partial charge in [-0.3, -0.25) is 9.59 Å². The fourth-order valence-electron chi connectivity index (χ4n) is 0.534. The number of rotatable bonds is 6. The van der Waals surface area contributed by atoms with Gasteiger partial charge >= 0.3 is 60.8 Å². The first-order chi connectivity index (χ1) is 8.07. The predicted octanol–water partition coefficient (Wildman–Crippen LogP) is -5.30. The Kier molecular flexibility index (Phi) is 15.3. The van der Waals surface area contributed by atoms with Crippen molar-refractivity contribution < 1.29 is 39.6 Å². The van der Waals surface area contributed by atoms with Gasteiger partial charge in [0.05, 0.1) is 0 Å². The third-order valence-electron chi connectivity index (χ3n) is 1.41. The van der Waals surface area contributed by atoms with Crippen LogP contribution in [0.5, 0.6) is 0 Å². The van der Waals surface area contributed by atoms with Gasteiger partial charge in [0.1, 0.15) is 12.1 Å². The van der Waals surface area contributed by atoms with E-state index in [1.807, 2.05) is 0 Å². The maximum Gasteiger partial charge on any atom is 2.00 e. The van der Waals surface area contributed by atoms with Crippen LogP contribution in [0.25, 0.3) is 0 Å². The zero-order valence-electron chi connectivity index (χ0n) is 9.77. The quantitative estimate of drug-likeness (QED) is 0.311. The smallest absolute Gasteiger partial charge is 0.550 e. The molecule has 0 spiro atoms. The van der Waals surface area contributed by atoms with E-state index in [9.17, 15) is 29.4 Å². The van der Waals surface area contributed by atoms with Gasteiger partial charge in [0.15, 0.2) is 0 Å². The first kappa shape index (κ1) is 23.5. The zero-order valence-corrected chi connectivity index (χ0v) is 14.2. The van der Waals surface area contributed by atoms with Gasteiger partial charge in [0.2, 0.25) is 0 Å². The van der Waals surface area contributed by atoms with Crippen LogP contribution in [0, 0.1) is 0 Å². The normalized spacial score (nSPS) is 11.9. The molecule has 2 atom stereocenters. The molecule has 0 unspecified atom stereocenters. The number of carbonyl (C=O) groups is 4. The predicted molar refractivity (Wildman–Crippen MR) is 56.2 cm³/mol. The molecular weight excluding hydrogens is 389 g/mol. The molecule has 0 saturated heterocycles. The van der Waals surface area contributed by atoms with Crippen LogP contribution in [0.4, 0.5) is 0 Å². The van der Waals surface area contributed by atoms with E-state index in [0.29, 0.717) is 0 Å². The van der Waals surface area contributed by atoms with E-state index in [0.717, 1.165) is 0 Å². The fraction of sp³-hybridized carbons (Fsp3) is 0.500. The van der Waals surface area contributed by atoms with Crippen molar-refractivity contribution in [3.05, 3.63) is 0 Å². The molecule has 0 fully saturated rings. The second-order valence-electron chi connectivity index (χ2n) is 3.04. The molecule has 19 heavy (non-hydrogen) atoms. The molecule has 0 aromatic heterocycles. The van der Waals surface area contributed by atoms with Gasteiger partial charge in [-0.2, -0.15) is 0 Å². The second-order valence-corrected chi connectivity index (χ2v) is 3.04. The third kappa shape index (κ3) is 17.4. The molecule has 0 aromatic carbocycles. The molecule has 0 bridgehead atoms. The average Bonchev–Trinajstić information content (AvgIpc) is 2.16. The van der Waals surface area contributed by atoms with Crippen LogP contribution < -0.4 is 21.7 Å². The standard InChI is InChI=1S/2C4H7NO4.Ba/c2*5-2(4(8)9)1-3(6)7;/h2*2H,1,5H2,(H,6,7)(H,8,9);/q;;+2/p-2/t2*2-;/m00./s1. The minimum absolute atomic E-state index is 0. The number of carboxylic acid groups (broad SMARTS) is 4. The van der Waals surface area contributed by atoms with E-state index in [4.69, 9.17) is 21.7 Å². The van der Waals surface area contributed by atoms with E-state index < -0.39 is 48.8 Å². The van der Waals surface area contributed by atoms with Crippen molar-refractivity contribution >= 4 is 72.8 Å². The summed E-state index contributed by atoms with van der Waals surface area (Å²) in [6, 6.07) is -2.70. The SMILES string of the molecule is N[C@@H](CC(=O)[O-])C(=O)O.N[C@@H](CC(=O)[O-])C(=O)O.[Ba+2]. The molecule has 0 rings (SSSR count). The number of carboxylic acids is 4. The molecule has 0 aromatic rings. The number of nitrogens with two attached hydrogens (primary N) is 2. The number of hydrogen-bond acceptors (Lipinski definition) is 8. The molecule has 0 radical (unpaired) electrons. The zero-order chi connectivity index (χ0) is 14.9. The summed E-state index contributed by atoms with van der Waals surface area (Å²) < 4.78 is 0. The van der Waals surface area contributed by atoms with Gasteiger partial charge in [-0.25, -0.2) is 0 Å². The molecule has 6 N–H and O–H groups in total. The van der Waals surface area contributed by atoms with Gasteiger partial charge < -0.3 is 41.5 Å². The van der Waals surface area contributed by atoms with E-state index in [-0.39, 0.29) is 48.9 Å². The van der Waals surface area contributed by atoms with Gasteiger partial charge in [-0.1, -0.05) is 0 Å². The summed E-state index contributed by atoms with van der Waals surface area (Å²) >= 11 is 0. The van der Waals surface area contributed by atoms with Crippen LogP contribution in [0.1, 0.15) is 12.8 Å². The summed E-state index contributed by atoms with van der Waals surface area (Å²) in [6.45, 7) is 0. The molecule has 0 saturated carbocycles. The van der Waals surface area contributed by atoms with Gasteiger partial charge in [0.25, 0.3) is 0 Å². The Bertz CT molecular complexity index is 303. The number of hydrogen-bond donors (Lipinski definition) is 4. The van der Waals surface area contributed by atoms with Crippen LogP contribution in [-0.4, -0.2) is 95.1 Å². The molecule has 104 valence electrons. The van der Waals surface area contributed by atoms with E-state index in [2.05, 4.69) is 0 Å². The maximum atomic E-state index is 9.82. The molecule has 0 aliphatic heterocycles. The van der Waals surface area contributed by atoms with E-state index >= 15 is 0 Å². The van der Waals surface area contributed by atoms with E-state index in [1.165, 1.54) is 0 Å². The van der Waals surface area contributed by atoms with Crippen molar-refractivity contribution in [1.29, 1.82) is 0 Å². The Labute approximate surface area is 147 Å². The minimum Gasteiger partial charge on any atom is -0.550 e. The third-order valence-corrected chi connectivity index (χ3v) is 1.41. The Morgan fingerprint density at radius 3 is 1.11 bits per heavy atom. The van der Waals surface area contributed by atoms with Gasteiger partial charge in [0, 0.05) is 24.8 Å². The van der Waals surface area contributed by atoms with Crippen LogP contribution in [0.3, 0.4) is 0 Å². The molecule has 11 heteroatoms. The van der Waals surface area contributed by atoms with Crippen molar-refractivity contribution in [2.75, 3.05) is 0 Å². The van der Waals surface area contributed by atoms with Crippen molar-refractivity contribution in [3.63, 3.8) is 0 Å². The fourth-order valence-corrected chi connectivity index (χ4v) is 0.534. The van der Waals surface area contributed by atoms with Crippen LogP contribution >= 0.6 is 0 Å². The summed E-state index contributed by atoms with van der Waals surface area (Å²) in [5.41, 5.74) is 9.59. The molecular formula is C8H12BaN2O8. The molecule has 0 aliphatic rings. The van der Waals surface area contributed by atoms with Crippen molar-refractivity contribution in [1.82, 2.24) is 0 Å². The Morgan fingerprint density at radius 1 is 0.842 bits per heavy atom. The van der Waals surface area contributed by atoms with Crippen molar-refractivity contribution in [2.45, 2.75) is 24.9 Å². The average molecular weight is 402 g/mol. The van der Waals surface area contributed by atoms with Gasteiger partial charge in [-0.15, -0.1) is 0 Å². The van der Waals surface area contributed by atoms with Crippen molar-refractivity contribution in [2.24, 2.45) is 11.5 Å². The molecule has 10 nitrogen and oxygen atoms in total. The minimum atomic E-state index is -1.45. The first-order valence-corrected chi connectivity index (χ1v) is 4.44. The van der Waals surface area contributed by atoms with Crippen molar-refractivity contribution in [3.8, 4) is 0 Å². The second kappa shape index (κ2) is 12.4. The molecule has 0 aliphatic carbocycles. The molecule has 0 amide bonds. The van der Waals surface area contributed by atoms with Gasteiger partial charge in [-0.05, 0) is 0 Å². The summed E-state index contributed by atoms with van der Waals surface area (Å²) in [4.78, 5) is 39.0. The summed E-state index contributed by atoms with van der Waals surface area (Å²) in [7, 11) is 0. The summed E-state index contributed by atoms with van der Waals surface area (Å²) in [5.74, 6) is -5.58. The Balaban J connectivity index is -0.000000256. The van der Waals surface area contributed by atoms with Crippen LogP contribution in [0.15, 0.2) is 0 Å². The topological polar surface area (TPSA) is 207 Å². The monoisotopic (exact) mass is 402 g/mol. The Morgan fingerprint density at radius 2 is 1.05 bits per heavy atom. The Hall–Kier alpha value is -0.629. The number of aliphatic carboxylic acids is 4.